The van der Waals surface area contributed by atoms with Gasteiger partial charge in [-0.2, -0.15) is 0 Å². The van der Waals surface area contributed by atoms with Crippen molar-refractivity contribution in [1.82, 2.24) is 0 Å². The highest BCUT2D eigenvalue weighted by Gasteiger charge is 2.09. The Hall–Kier alpha value is -1.87. The van der Waals surface area contributed by atoms with Gasteiger partial charge in [0, 0.05) is 31.4 Å². The van der Waals surface area contributed by atoms with Crippen LogP contribution in [-0.4, -0.2) is 7.05 Å². The van der Waals surface area contributed by atoms with Crippen LogP contribution in [0.15, 0.2) is 42.5 Å². The molecule has 0 aromatic heterocycles. The number of halogens is 1. The van der Waals surface area contributed by atoms with Crippen LogP contribution in [0, 0.1) is 12.7 Å². The standard InChI is InChI=1S/C16H19FN2/c1-12-7-8-16(14(9-12)10-18)19(2)11-13-5-3-4-6-15(13)17/h3-9H,10-11,18H2,1-2H3. The molecular formula is C16H19FN2. The molecule has 0 amide bonds. The van der Waals surface area contributed by atoms with Gasteiger partial charge in [-0.15, -0.1) is 0 Å². The van der Waals surface area contributed by atoms with Crippen LogP contribution in [0.4, 0.5) is 10.1 Å². The summed E-state index contributed by atoms with van der Waals surface area (Å²) < 4.78 is 13.7. The first-order valence-corrected chi connectivity index (χ1v) is 6.36. The molecule has 0 bridgehead atoms. The van der Waals surface area contributed by atoms with Crippen LogP contribution in [0.25, 0.3) is 0 Å². The number of aryl methyl sites for hydroxylation is 1. The second kappa shape index (κ2) is 5.85. The molecule has 0 heterocycles. The van der Waals surface area contributed by atoms with Gasteiger partial charge in [-0.1, -0.05) is 35.9 Å². The Morgan fingerprint density at radius 2 is 1.84 bits per heavy atom. The van der Waals surface area contributed by atoms with Gasteiger partial charge in [0.25, 0.3) is 0 Å². The van der Waals surface area contributed by atoms with Gasteiger partial charge in [0.1, 0.15) is 5.82 Å². The van der Waals surface area contributed by atoms with E-state index >= 15 is 0 Å². The smallest absolute Gasteiger partial charge is 0.128 e. The van der Waals surface area contributed by atoms with Gasteiger partial charge in [0.2, 0.25) is 0 Å². The van der Waals surface area contributed by atoms with E-state index < -0.39 is 0 Å². The summed E-state index contributed by atoms with van der Waals surface area (Å²) in [5.74, 6) is -0.171. The van der Waals surface area contributed by atoms with Crippen LogP contribution >= 0.6 is 0 Å². The van der Waals surface area contributed by atoms with Gasteiger partial charge in [-0.05, 0) is 24.6 Å². The van der Waals surface area contributed by atoms with Gasteiger partial charge < -0.3 is 10.6 Å². The first-order valence-electron chi connectivity index (χ1n) is 6.36. The van der Waals surface area contributed by atoms with E-state index in [-0.39, 0.29) is 5.82 Å². The zero-order chi connectivity index (χ0) is 13.8. The minimum absolute atomic E-state index is 0.171. The van der Waals surface area contributed by atoms with Gasteiger partial charge in [-0.25, -0.2) is 4.39 Å². The maximum absolute atomic E-state index is 13.7. The van der Waals surface area contributed by atoms with Gasteiger partial charge in [0.15, 0.2) is 0 Å². The third-order valence-corrected chi connectivity index (χ3v) is 3.23. The van der Waals surface area contributed by atoms with E-state index in [2.05, 4.69) is 6.07 Å². The molecule has 0 spiro atoms. The van der Waals surface area contributed by atoms with Crippen molar-refractivity contribution in [2.75, 3.05) is 11.9 Å². The molecule has 0 fully saturated rings. The second-order valence-electron chi connectivity index (χ2n) is 4.78. The zero-order valence-electron chi connectivity index (χ0n) is 11.4. The summed E-state index contributed by atoms with van der Waals surface area (Å²) >= 11 is 0. The summed E-state index contributed by atoms with van der Waals surface area (Å²) in [6.07, 6.45) is 0. The molecule has 0 aliphatic heterocycles. The van der Waals surface area contributed by atoms with E-state index in [0.29, 0.717) is 18.7 Å². The predicted molar refractivity (Wildman–Crippen MR) is 77.6 cm³/mol. The largest absolute Gasteiger partial charge is 0.370 e. The molecule has 0 unspecified atom stereocenters. The fourth-order valence-electron chi connectivity index (χ4n) is 2.22. The number of hydrogen-bond acceptors (Lipinski definition) is 2. The van der Waals surface area contributed by atoms with Gasteiger partial charge in [-0.3, -0.25) is 0 Å². The van der Waals surface area contributed by atoms with E-state index in [1.807, 2.05) is 43.1 Å². The first-order chi connectivity index (χ1) is 9.11. The third-order valence-electron chi connectivity index (χ3n) is 3.23. The molecule has 19 heavy (non-hydrogen) atoms. The molecule has 3 heteroatoms. The molecule has 2 rings (SSSR count). The number of anilines is 1. The van der Waals surface area contributed by atoms with Crippen LogP contribution in [0.2, 0.25) is 0 Å². The van der Waals surface area contributed by atoms with E-state index in [0.717, 1.165) is 11.3 Å². The van der Waals surface area contributed by atoms with Crippen LogP contribution in [0.1, 0.15) is 16.7 Å². The Kier molecular flexibility index (Phi) is 4.17. The molecule has 100 valence electrons. The Morgan fingerprint density at radius 3 is 2.53 bits per heavy atom. The molecule has 2 aromatic carbocycles. The molecule has 0 radical (unpaired) electrons. The highest BCUT2D eigenvalue weighted by atomic mass is 19.1. The van der Waals surface area contributed by atoms with Crippen LogP contribution in [-0.2, 0) is 13.1 Å². The van der Waals surface area contributed by atoms with Crippen molar-refractivity contribution in [2.24, 2.45) is 5.73 Å². The molecule has 0 aliphatic carbocycles. The topological polar surface area (TPSA) is 29.3 Å². The summed E-state index contributed by atoms with van der Waals surface area (Å²) in [6.45, 7) is 3.06. The normalized spacial score (nSPS) is 10.5. The van der Waals surface area contributed by atoms with E-state index in [4.69, 9.17) is 5.73 Å². The predicted octanol–water partition coefficient (Wildman–Crippen LogP) is 3.23. The summed E-state index contributed by atoms with van der Waals surface area (Å²) in [4.78, 5) is 2.03. The molecule has 0 atom stereocenters. The second-order valence-corrected chi connectivity index (χ2v) is 4.78. The summed E-state index contributed by atoms with van der Waals surface area (Å²) in [5, 5.41) is 0. The Morgan fingerprint density at radius 1 is 1.11 bits per heavy atom. The quantitative estimate of drug-likeness (QED) is 0.912. The molecule has 0 saturated heterocycles. The summed E-state index contributed by atoms with van der Waals surface area (Å²) in [6, 6.07) is 13.0. The van der Waals surface area contributed by atoms with Crippen LogP contribution < -0.4 is 10.6 Å². The lowest BCUT2D eigenvalue weighted by Crippen LogP contribution is -2.19. The number of benzene rings is 2. The summed E-state index contributed by atoms with van der Waals surface area (Å²) in [7, 11) is 1.95. The minimum atomic E-state index is -0.171. The van der Waals surface area contributed by atoms with E-state index in [9.17, 15) is 4.39 Å². The number of hydrogen-bond donors (Lipinski definition) is 1. The van der Waals surface area contributed by atoms with Crippen molar-refractivity contribution < 1.29 is 4.39 Å². The molecule has 2 aromatic rings. The fraction of sp³-hybridized carbons (Fsp3) is 0.250. The fourth-order valence-corrected chi connectivity index (χ4v) is 2.22. The lowest BCUT2D eigenvalue weighted by atomic mass is 10.1. The van der Waals surface area contributed by atoms with Gasteiger partial charge in [0.05, 0.1) is 0 Å². The van der Waals surface area contributed by atoms with Crippen molar-refractivity contribution in [3.05, 3.63) is 65.0 Å². The molecule has 0 saturated carbocycles. The zero-order valence-corrected chi connectivity index (χ0v) is 11.4. The Balaban J connectivity index is 2.25. The highest BCUT2D eigenvalue weighted by molar-refractivity contribution is 5.54. The average molecular weight is 258 g/mol. The average Bonchev–Trinajstić information content (AvgIpc) is 2.41. The SMILES string of the molecule is Cc1ccc(N(C)Cc2ccccc2F)c(CN)c1. The minimum Gasteiger partial charge on any atom is -0.370 e. The number of nitrogens with two attached hydrogens (primary N) is 1. The van der Waals surface area contributed by atoms with E-state index in [1.54, 1.807) is 6.07 Å². The lowest BCUT2D eigenvalue weighted by Gasteiger charge is -2.23. The van der Waals surface area contributed by atoms with Crippen LogP contribution in [0.5, 0.6) is 0 Å². The van der Waals surface area contributed by atoms with Crippen molar-refractivity contribution in [3.63, 3.8) is 0 Å². The number of rotatable bonds is 4. The number of nitrogens with zero attached hydrogens (tertiary/aromatic N) is 1. The first kappa shape index (κ1) is 13.6. The van der Waals surface area contributed by atoms with Crippen molar-refractivity contribution in [1.29, 1.82) is 0 Å². The molecule has 2 N–H and O–H groups in total. The molecule has 2 nitrogen and oxygen atoms in total. The Labute approximate surface area is 113 Å². The van der Waals surface area contributed by atoms with Crippen molar-refractivity contribution >= 4 is 5.69 Å². The monoisotopic (exact) mass is 258 g/mol. The molecular weight excluding hydrogens is 239 g/mol. The van der Waals surface area contributed by atoms with Crippen LogP contribution in [0.3, 0.4) is 0 Å². The Bertz CT molecular complexity index is 566. The van der Waals surface area contributed by atoms with Crippen molar-refractivity contribution in [3.8, 4) is 0 Å². The van der Waals surface area contributed by atoms with Gasteiger partial charge >= 0.3 is 0 Å². The third kappa shape index (κ3) is 3.12. The summed E-state index contributed by atoms with van der Waals surface area (Å²) in [5.41, 5.74) is 9.79. The highest BCUT2D eigenvalue weighted by Crippen LogP contribution is 2.22. The van der Waals surface area contributed by atoms with Crippen molar-refractivity contribution in [2.45, 2.75) is 20.0 Å². The lowest BCUT2D eigenvalue weighted by molar-refractivity contribution is 0.608. The maximum Gasteiger partial charge on any atom is 0.128 e. The molecule has 0 aliphatic rings. The maximum atomic E-state index is 13.7. The van der Waals surface area contributed by atoms with E-state index in [1.165, 1.54) is 11.6 Å².